The van der Waals surface area contributed by atoms with Gasteiger partial charge in [-0.15, -0.1) is 6.58 Å². The van der Waals surface area contributed by atoms with E-state index in [0.29, 0.717) is 26.1 Å². The Morgan fingerprint density at radius 1 is 1.30 bits per heavy atom. The molecule has 0 radical (unpaired) electrons. The van der Waals surface area contributed by atoms with Crippen LogP contribution in [0.3, 0.4) is 0 Å². The Bertz CT molecular complexity index is 549. The van der Waals surface area contributed by atoms with Crippen molar-refractivity contribution in [3.8, 4) is 0 Å². The van der Waals surface area contributed by atoms with E-state index in [9.17, 15) is 9.59 Å². The predicted octanol–water partition coefficient (Wildman–Crippen LogP) is 2.49. The van der Waals surface area contributed by atoms with Gasteiger partial charge in [0, 0.05) is 25.6 Å². The minimum Gasteiger partial charge on any atom is -0.481 e. The zero-order valence-electron chi connectivity index (χ0n) is 13.2. The lowest BCUT2D eigenvalue weighted by molar-refractivity contribution is -0.140. The maximum absolute atomic E-state index is 12.4. The average Bonchev–Trinajstić information content (AvgIpc) is 2.53. The molecule has 1 aliphatic heterocycles. The van der Waals surface area contributed by atoms with Gasteiger partial charge < -0.3 is 15.2 Å². The second-order valence-corrected chi connectivity index (χ2v) is 5.97. The van der Waals surface area contributed by atoms with E-state index < -0.39 is 11.5 Å². The van der Waals surface area contributed by atoms with Crippen molar-refractivity contribution >= 4 is 11.9 Å². The number of benzene rings is 1. The van der Waals surface area contributed by atoms with Gasteiger partial charge in [0.25, 0.3) is 0 Å². The Balaban J connectivity index is 2.03. The van der Waals surface area contributed by atoms with Crippen molar-refractivity contribution in [1.82, 2.24) is 5.32 Å². The monoisotopic (exact) mass is 317 g/mol. The number of carbonyl (C=O) groups is 2. The fourth-order valence-corrected chi connectivity index (χ4v) is 2.98. The Morgan fingerprint density at radius 3 is 2.52 bits per heavy atom. The second kappa shape index (κ2) is 7.92. The minimum absolute atomic E-state index is 0.0772. The van der Waals surface area contributed by atoms with Crippen LogP contribution >= 0.6 is 0 Å². The normalized spacial score (nSPS) is 17.9. The van der Waals surface area contributed by atoms with Gasteiger partial charge in [-0.2, -0.15) is 0 Å². The molecule has 1 aromatic rings. The third-order valence-electron chi connectivity index (χ3n) is 4.26. The summed E-state index contributed by atoms with van der Waals surface area (Å²) in [5.74, 6) is -1.14. The molecule has 1 saturated heterocycles. The van der Waals surface area contributed by atoms with Crippen molar-refractivity contribution in [3.63, 3.8) is 0 Å². The molecule has 1 atom stereocenters. The zero-order valence-corrected chi connectivity index (χ0v) is 13.2. The van der Waals surface area contributed by atoms with Crippen LogP contribution in [0.1, 0.15) is 37.2 Å². The molecule has 1 amide bonds. The zero-order chi connectivity index (χ0) is 16.7. The van der Waals surface area contributed by atoms with Crippen molar-refractivity contribution < 1.29 is 19.4 Å². The Morgan fingerprint density at radius 2 is 1.96 bits per heavy atom. The molecule has 5 nitrogen and oxygen atoms in total. The molecule has 0 saturated carbocycles. The lowest BCUT2D eigenvalue weighted by Gasteiger charge is -2.37. The smallest absolute Gasteiger partial charge is 0.305 e. The summed E-state index contributed by atoms with van der Waals surface area (Å²) in [4.78, 5) is 23.6. The van der Waals surface area contributed by atoms with Crippen LogP contribution in [0, 0.1) is 0 Å². The fourth-order valence-electron chi connectivity index (χ4n) is 2.98. The molecule has 23 heavy (non-hydrogen) atoms. The molecule has 0 aromatic heterocycles. The number of carboxylic acid groups (broad SMARTS) is 1. The maximum atomic E-state index is 12.4. The van der Waals surface area contributed by atoms with E-state index in [-0.39, 0.29) is 24.7 Å². The first-order valence-corrected chi connectivity index (χ1v) is 7.83. The number of aliphatic carboxylic acids is 1. The molecule has 0 bridgehead atoms. The third kappa shape index (κ3) is 4.93. The van der Waals surface area contributed by atoms with Gasteiger partial charge in [-0.25, -0.2) is 0 Å². The Kier molecular flexibility index (Phi) is 5.93. The highest BCUT2D eigenvalue weighted by atomic mass is 16.5. The van der Waals surface area contributed by atoms with Gasteiger partial charge in [0.15, 0.2) is 0 Å². The topological polar surface area (TPSA) is 75.6 Å². The summed E-state index contributed by atoms with van der Waals surface area (Å²) in [6, 6.07) is 9.69. The number of ether oxygens (including phenoxy) is 1. The molecular weight excluding hydrogens is 294 g/mol. The van der Waals surface area contributed by atoms with Gasteiger partial charge >= 0.3 is 5.97 Å². The number of nitrogens with one attached hydrogen (secondary N) is 1. The van der Waals surface area contributed by atoms with Crippen LogP contribution < -0.4 is 5.32 Å². The molecule has 1 aromatic carbocycles. The number of amides is 1. The van der Waals surface area contributed by atoms with E-state index in [2.05, 4.69) is 11.9 Å². The number of allylic oxidation sites excluding steroid dienone is 1. The van der Waals surface area contributed by atoms with E-state index >= 15 is 0 Å². The summed E-state index contributed by atoms with van der Waals surface area (Å²) in [6.45, 7) is 4.75. The highest BCUT2D eigenvalue weighted by Crippen LogP contribution is 2.26. The number of hydrogen-bond donors (Lipinski definition) is 2. The first-order chi connectivity index (χ1) is 11.0. The summed E-state index contributed by atoms with van der Waals surface area (Å²) >= 11 is 0. The maximum Gasteiger partial charge on any atom is 0.305 e. The van der Waals surface area contributed by atoms with Crippen molar-refractivity contribution in [2.24, 2.45) is 0 Å². The van der Waals surface area contributed by atoms with Crippen LogP contribution in [0.15, 0.2) is 43.0 Å². The van der Waals surface area contributed by atoms with Crippen LogP contribution in [0.25, 0.3) is 0 Å². The summed E-state index contributed by atoms with van der Waals surface area (Å²) in [6.07, 6.45) is 2.98. The van der Waals surface area contributed by atoms with E-state index in [4.69, 9.17) is 9.84 Å². The lowest BCUT2D eigenvalue weighted by Crippen LogP contribution is -2.53. The van der Waals surface area contributed by atoms with Crippen LogP contribution in [-0.2, 0) is 14.3 Å². The van der Waals surface area contributed by atoms with Gasteiger partial charge in [-0.05, 0) is 18.4 Å². The molecular formula is C18H23NO4. The first-order valence-electron chi connectivity index (χ1n) is 7.83. The quantitative estimate of drug-likeness (QED) is 0.758. The number of carbonyl (C=O) groups excluding carboxylic acids is 1. The molecule has 1 unspecified atom stereocenters. The van der Waals surface area contributed by atoms with Crippen LogP contribution in [-0.4, -0.2) is 35.7 Å². The molecule has 1 heterocycles. The van der Waals surface area contributed by atoms with E-state index in [1.807, 2.05) is 30.3 Å². The van der Waals surface area contributed by atoms with Gasteiger partial charge in [0.1, 0.15) is 0 Å². The first kappa shape index (κ1) is 17.2. The lowest BCUT2D eigenvalue weighted by atomic mass is 9.85. The largest absolute Gasteiger partial charge is 0.481 e. The number of carboxylic acids is 1. The number of hydrogen-bond acceptors (Lipinski definition) is 3. The molecule has 1 aliphatic rings. The Hall–Kier alpha value is -2.14. The summed E-state index contributed by atoms with van der Waals surface area (Å²) in [5.41, 5.74) is 0.320. The van der Waals surface area contributed by atoms with E-state index in [1.54, 1.807) is 6.08 Å². The molecule has 0 aliphatic carbocycles. The van der Waals surface area contributed by atoms with Crippen LogP contribution in [0.2, 0.25) is 0 Å². The summed E-state index contributed by atoms with van der Waals surface area (Å²) in [5, 5.41) is 12.1. The molecule has 0 spiro atoms. The van der Waals surface area contributed by atoms with Gasteiger partial charge in [0.2, 0.25) is 5.91 Å². The van der Waals surface area contributed by atoms with Crippen molar-refractivity contribution in [3.05, 3.63) is 48.6 Å². The molecule has 2 rings (SSSR count). The SMILES string of the molecule is C=CC(CC(=O)NC1(CC(=O)O)CCOCC1)c1ccccc1. The fraction of sp³-hybridized carbons (Fsp3) is 0.444. The minimum atomic E-state index is -0.907. The van der Waals surface area contributed by atoms with Crippen LogP contribution in [0.5, 0.6) is 0 Å². The van der Waals surface area contributed by atoms with Crippen molar-refractivity contribution in [2.75, 3.05) is 13.2 Å². The van der Waals surface area contributed by atoms with Crippen LogP contribution in [0.4, 0.5) is 0 Å². The van der Waals surface area contributed by atoms with Crippen molar-refractivity contribution in [2.45, 2.75) is 37.1 Å². The summed E-state index contributed by atoms with van der Waals surface area (Å²) in [7, 11) is 0. The highest BCUT2D eigenvalue weighted by Gasteiger charge is 2.36. The van der Waals surface area contributed by atoms with E-state index in [0.717, 1.165) is 5.56 Å². The Labute approximate surface area is 136 Å². The average molecular weight is 317 g/mol. The second-order valence-electron chi connectivity index (χ2n) is 5.97. The van der Waals surface area contributed by atoms with Gasteiger partial charge in [-0.3, -0.25) is 9.59 Å². The van der Waals surface area contributed by atoms with Gasteiger partial charge in [0.05, 0.1) is 12.0 Å². The molecule has 2 N–H and O–H groups in total. The van der Waals surface area contributed by atoms with Crippen molar-refractivity contribution in [1.29, 1.82) is 0 Å². The highest BCUT2D eigenvalue weighted by molar-refractivity contribution is 5.79. The molecule has 5 heteroatoms. The predicted molar refractivity (Wildman–Crippen MR) is 87.2 cm³/mol. The van der Waals surface area contributed by atoms with Gasteiger partial charge in [-0.1, -0.05) is 36.4 Å². The number of rotatable bonds is 7. The van der Waals surface area contributed by atoms with E-state index in [1.165, 1.54) is 0 Å². The standard InChI is InChI=1S/C18H23NO4/c1-2-14(15-6-4-3-5-7-15)12-16(20)19-18(13-17(21)22)8-10-23-11-9-18/h2-7,14H,1,8-13H2,(H,19,20)(H,21,22). The molecule has 1 fully saturated rings. The third-order valence-corrected chi connectivity index (χ3v) is 4.26. The molecule has 124 valence electrons. The summed E-state index contributed by atoms with van der Waals surface area (Å²) < 4.78 is 5.30.